The van der Waals surface area contributed by atoms with E-state index < -0.39 is 6.04 Å². The number of para-hydroxylation sites is 3. The highest BCUT2D eigenvalue weighted by molar-refractivity contribution is 6.10. The van der Waals surface area contributed by atoms with Crippen molar-refractivity contribution >= 4 is 32.8 Å². The molecule has 1 aliphatic heterocycles. The summed E-state index contributed by atoms with van der Waals surface area (Å²) in [5.74, 6) is 2.19. The van der Waals surface area contributed by atoms with Gasteiger partial charge in [-0.1, -0.05) is 214 Å². The third kappa shape index (κ3) is 8.24. The number of fused-ring (bicyclic) bond motifs is 10. The summed E-state index contributed by atoms with van der Waals surface area (Å²) >= 11 is 0. The molecule has 0 spiro atoms. The summed E-state index contributed by atoms with van der Waals surface area (Å²) in [6, 6.07) is 59.5. The van der Waals surface area contributed by atoms with E-state index in [1.807, 2.05) is 48.7 Å². The first-order chi connectivity index (χ1) is 39.2. The molecule has 13 rings (SSSR count). The highest BCUT2D eigenvalue weighted by Gasteiger charge is 2.29. The molecule has 5 heteroatoms. The Bertz CT molecular complexity index is 4560. The van der Waals surface area contributed by atoms with Gasteiger partial charge in [0.1, 0.15) is 17.3 Å². The second kappa shape index (κ2) is 17.9. The first kappa shape index (κ1) is 42.4. The van der Waals surface area contributed by atoms with Crippen LogP contribution in [0.5, 0.6) is 11.5 Å². The average molecular weight is 1000 g/mol. The molecule has 3 aromatic heterocycles. The average Bonchev–Trinajstić information content (AvgIpc) is 3.40. The van der Waals surface area contributed by atoms with Crippen LogP contribution in [0, 0.1) is 6.33 Å². The van der Waals surface area contributed by atoms with Gasteiger partial charge in [0.15, 0.2) is 0 Å². The van der Waals surface area contributed by atoms with Crippen LogP contribution in [0.1, 0.15) is 85.9 Å². The Labute approximate surface area is 459 Å². The van der Waals surface area contributed by atoms with Gasteiger partial charge in [0, 0.05) is 23.0 Å². The number of hydrogen-bond donors (Lipinski definition) is 0. The van der Waals surface area contributed by atoms with Crippen LogP contribution < -0.4 is 9.30 Å². The van der Waals surface area contributed by atoms with Crippen molar-refractivity contribution in [1.82, 2.24) is 14.1 Å². The molecular formula is C72H62N4O. The maximum absolute atomic E-state index is 9.32. The fourth-order valence-electron chi connectivity index (χ4n) is 11.3. The normalized spacial score (nSPS) is 13.4. The second-order valence-corrected chi connectivity index (χ2v) is 23.5. The minimum Gasteiger partial charge on any atom is -0.458 e. The topological polar surface area (TPSA) is 35.9 Å². The van der Waals surface area contributed by atoms with E-state index in [4.69, 9.17) is 13.8 Å². The van der Waals surface area contributed by atoms with E-state index in [1.165, 1.54) is 16.7 Å². The number of ether oxygens (including phenoxy) is 1. The van der Waals surface area contributed by atoms with Gasteiger partial charge in [-0.25, -0.2) is 4.98 Å². The van der Waals surface area contributed by atoms with Gasteiger partial charge >= 0.3 is 0 Å². The number of nitrogens with zero attached hydrogens (tertiary/aromatic N) is 4. The van der Waals surface area contributed by atoms with Crippen LogP contribution in [0.3, 0.4) is 0 Å². The monoisotopic (exact) mass is 1000 g/mol. The van der Waals surface area contributed by atoms with Gasteiger partial charge in [0.05, 0.1) is 40.3 Å². The lowest BCUT2D eigenvalue weighted by Gasteiger charge is -2.27. The molecule has 5 nitrogen and oxygen atoms in total. The zero-order valence-electron chi connectivity index (χ0n) is 50.0. The largest absolute Gasteiger partial charge is 0.458 e. The lowest BCUT2D eigenvalue weighted by Crippen LogP contribution is -2.32. The summed E-state index contributed by atoms with van der Waals surface area (Å²) < 4.78 is 58.3. The van der Waals surface area contributed by atoms with Crippen LogP contribution in [0.25, 0.3) is 106 Å². The van der Waals surface area contributed by atoms with Crippen molar-refractivity contribution in [1.29, 1.82) is 0 Å². The predicted molar refractivity (Wildman–Crippen MR) is 319 cm³/mol. The summed E-state index contributed by atoms with van der Waals surface area (Å²) in [6.45, 7) is 20.2. The van der Waals surface area contributed by atoms with Gasteiger partial charge in [0.25, 0.3) is 6.33 Å². The third-order valence-corrected chi connectivity index (χ3v) is 15.3. The molecule has 0 saturated heterocycles. The van der Waals surface area contributed by atoms with E-state index in [1.54, 1.807) is 0 Å². The van der Waals surface area contributed by atoms with Crippen LogP contribution in [-0.4, -0.2) is 14.1 Å². The second-order valence-electron chi connectivity index (χ2n) is 23.5. The Morgan fingerprint density at radius 2 is 1.08 bits per heavy atom. The number of imidazole rings is 1. The third-order valence-electron chi connectivity index (χ3n) is 15.3. The van der Waals surface area contributed by atoms with Gasteiger partial charge in [-0.15, -0.1) is 0 Å². The molecule has 0 saturated carbocycles. The quantitative estimate of drug-likeness (QED) is 0.123. The molecule has 0 amide bonds. The van der Waals surface area contributed by atoms with Gasteiger partial charge < -0.3 is 4.74 Å². The smallest absolute Gasteiger partial charge is 0.269 e. The SMILES string of the molecule is [2H]c1c([2H])c([2H])c(-c2cccc3c2-c2ccccc2-c2cccc4c2[n+]([c-]n4-c2cccc(Oc4ccc5c6ccccc6n(-c6cc(C(C)(C)C)ccn6)c5c4)c2)-c2c(-c4cc(C(C)(C)C)cc(C(C)(C)C)c4)cccc2-3)c([2H])c1[2H]. The van der Waals surface area contributed by atoms with Crippen LogP contribution >= 0.6 is 0 Å². The highest BCUT2D eigenvalue weighted by Crippen LogP contribution is 2.49. The Balaban J connectivity index is 1.05. The molecular weight excluding hydrogens is 937 g/mol. The van der Waals surface area contributed by atoms with Crippen molar-refractivity contribution < 1.29 is 16.2 Å². The van der Waals surface area contributed by atoms with Crippen molar-refractivity contribution in [2.75, 3.05) is 0 Å². The maximum Gasteiger partial charge on any atom is 0.269 e. The van der Waals surface area contributed by atoms with Gasteiger partial charge in [-0.05, 0) is 137 Å². The lowest BCUT2D eigenvalue weighted by molar-refractivity contribution is -0.570. The molecule has 4 heterocycles. The van der Waals surface area contributed by atoms with Crippen molar-refractivity contribution in [3.63, 3.8) is 0 Å². The summed E-state index contributed by atoms with van der Waals surface area (Å²) in [7, 11) is 0. The zero-order chi connectivity index (χ0) is 57.3. The van der Waals surface area contributed by atoms with E-state index in [9.17, 15) is 2.74 Å². The van der Waals surface area contributed by atoms with Gasteiger partial charge in [-0.3, -0.25) is 13.7 Å². The first-order valence-electron chi connectivity index (χ1n) is 29.0. The zero-order valence-corrected chi connectivity index (χ0v) is 45.0. The van der Waals surface area contributed by atoms with E-state index in [0.717, 1.165) is 94.5 Å². The number of benzene rings is 9. The first-order valence-corrected chi connectivity index (χ1v) is 26.5. The van der Waals surface area contributed by atoms with E-state index >= 15 is 0 Å². The van der Waals surface area contributed by atoms with E-state index in [-0.39, 0.29) is 46.0 Å². The molecule has 0 atom stereocenters. The summed E-state index contributed by atoms with van der Waals surface area (Å²) in [4.78, 5) is 4.92. The number of hydrogen-bond acceptors (Lipinski definition) is 2. The molecule has 376 valence electrons. The predicted octanol–water partition coefficient (Wildman–Crippen LogP) is 18.5. The fourth-order valence-corrected chi connectivity index (χ4v) is 11.3. The molecule has 0 aliphatic carbocycles. The van der Waals surface area contributed by atoms with Crippen LogP contribution in [0.15, 0.2) is 212 Å². The maximum atomic E-state index is 9.32. The minimum atomic E-state index is -0.430. The van der Waals surface area contributed by atoms with Gasteiger partial charge in [0.2, 0.25) is 0 Å². The minimum absolute atomic E-state index is 0.0608. The Morgan fingerprint density at radius 1 is 0.468 bits per heavy atom. The molecule has 0 radical (unpaired) electrons. The summed E-state index contributed by atoms with van der Waals surface area (Å²) in [5.41, 5.74) is 16.8. The van der Waals surface area contributed by atoms with Crippen LogP contribution in [-0.2, 0) is 16.2 Å². The summed E-state index contributed by atoms with van der Waals surface area (Å²) in [6.07, 6.45) is 5.85. The Kier molecular flexibility index (Phi) is 9.87. The highest BCUT2D eigenvalue weighted by atomic mass is 16.5. The van der Waals surface area contributed by atoms with Gasteiger partial charge in [-0.2, -0.15) is 0 Å². The lowest BCUT2D eigenvalue weighted by atomic mass is 9.78. The molecule has 77 heavy (non-hydrogen) atoms. The molecule has 12 aromatic rings. The fraction of sp³-hybridized carbons (Fsp3) is 0.167. The molecule has 9 aromatic carbocycles. The number of pyridine rings is 1. The molecule has 1 aliphatic rings. The Hall–Kier alpha value is -8.80. The number of aromatic nitrogens is 4. The van der Waals surface area contributed by atoms with E-state index in [0.29, 0.717) is 17.1 Å². The molecule has 0 unspecified atom stereocenters. The van der Waals surface area contributed by atoms with Crippen LogP contribution in [0.2, 0.25) is 0 Å². The van der Waals surface area contributed by atoms with E-state index in [2.05, 4.69) is 216 Å². The summed E-state index contributed by atoms with van der Waals surface area (Å²) in [5, 5.41) is 2.24. The van der Waals surface area contributed by atoms with Crippen molar-refractivity contribution in [2.45, 2.75) is 78.6 Å². The van der Waals surface area contributed by atoms with Crippen molar-refractivity contribution in [2.24, 2.45) is 0 Å². The standard InChI is InChI=1S/C72H62N4O/c1-70(2,3)48-37-38-73-66(42-48)76-63-33-16-15-26-57(63)58-36-35-53(44-65(58)76)77-52-24-17-23-51(43-52)74-45-75-68-55(47-39-49(71(4,5)6)41-50(40-47)72(7,8)9)29-19-31-62(68)60-30-18-28-54(46-21-11-10-12-22-46)67(60)59-27-14-13-25-56(59)61-32-20-34-64(74)69(61)75/h10-44H,1-9H3/i10D,11D,12D,21D,22D. The van der Waals surface area contributed by atoms with Crippen molar-refractivity contribution in [3.8, 4) is 84.3 Å². The molecule has 0 fully saturated rings. The molecule has 0 N–H and O–H groups in total. The van der Waals surface area contributed by atoms with Crippen LogP contribution in [0.4, 0.5) is 0 Å². The van der Waals surface area contributed by atoms with Crippen molar-refractivity contribution in [3.05, 3.63) is 235 Å². The molecule has 0 bridgehead atoms. The number of rotatable bonds is 6. The Morgan fingerprint density at radius 3 is 1.84 bits per heavy atom.